The summed E-state index contributed by atoms with van der Waals surface area (Å²) in [7, 11) is 0. The molecule has 1 aromatic carbocycles. The number of aromatic hydroxyl groups is 1. The van der Waals surface area contributed by atoms with Gasteiger partial charge in [0.1, 0.15) is 5.75 Å². The summed E-state index contributed by atoms with van der Waals surface area (Å²) in [6.07, 6.45) is 9.64. The van der Waals surface area contributed by atoms with E-state index in [1.165, 1.54) is 69.2 Å². The van der Waals surface area contributed by atoms with Gasteiger partial charge in [-0.1, -0.05) is 32.8 Å². The van der Waals surface area contributed by atoms with Crippen LogP contribution in [0.3, 0.4) is 0 Å². The van der Waals surface area contributed by atoms with E-state index in [-0.39, 0.29) is 5.41 Å². The summed E-state index contributed by atoms with van der Waals surface area (Å²) in [4.78, 5) is 2.84. The molecule has 4 rings (SSSR count). The van der Waals surface area contributed by atoms with Gasteiger partial charge in [0.25, 0.3) is 0 Å². The fraction of sp³-hybridized carbons (Fsp3) is 0.714. The standard InChI is InChI=1S/C21H31NO/c1-21(2)18-8-5-11-22(14-15-6-3-4-7-15)20(18)12-16-9-10-17(23)13-19(16)21/h9-10,13,15,18,20,23H,3-8,11-12,14H2,1-2H3. The molecule has 1 N–H and O–H groups in total. The highest BCUT2D eigenvalue weighted by atomic mass is 16.3. The van der Waals surface area contributed by atoms with E-state index in [4.69, 9.17) is 0 Å². The first kappa shape index (κ1) is 15.5. The van der Waals surface area contributed by atoms with Crippen molar-refractivity contribution in [2.75, 3.05) is 13.1 Å². The van der Waals surface area contributed by atoms with Gasteiger partial charge in [0, 0.05) is 12.6 Å². The highest BCUT2D eigenvalue weighted by molar-refractivity contribution is 5.43. The van der Waals surface area contributed by atoms with Crippen molar-refractivity contribution in [3.63, 3.8) is 0 Å². The highest BCUT2D eigenvalue weighted by Gasteiger charge is 2.46. The Labute approximate surface area is 140 Å². The van der Waals surface area contributed by atoms with Gasteiger partial charge in [-0.05, 0) is 79.2 Å². The van der Waals surface area contributed by atoms with Crippen LogP contribution in [0.4, 0.5) is 0 Å². The molecule has 2 aliphatic carbocycles. The zero-order valence-electron chi connectivity index (χ0n) is 14.7. The maximum atomic E-state index is 9.95. The maximum Gasteiger partial charge on any atom is 0.115 e. The lowest BCUT2D eigenvalue weighted by molar-refractivity contribution is 0.0336. The van der Waals surface area contributed by atoms with Crippen LogP contribution in [0.1, 0.15) is 63.5 Å². The van der Waals surface area contributed by atoms with Gasteiger partial charge in [0.15, 0.2) is 0 Å². The number of likely N-dealkylation sites (tertiary alicyclic amines) is 1. The van der Waals surface area contributed by atoms with Crippen LogP contribution in [-0.2, 0) is 11.8 Å². The summed E-state index contributed by atoms with van der Waals surface area (Å²) in [6, 6.07) is 6.78. The summed E-state index contributed by atoms with van der Waals surface area (Å²) < 4.78 is 0. The second kappa shape index (κ2) is 5.81. The highest BCUT2D eigenvalue weighted by Crippen LogP contribution is 2.48. The second-order valence-electron chi connectivity index (χ2n) is 8.73. The first-order valence-electron chi connectivity index (χ1n) is 9.62. The van der Waals surface area contributed by atoms with Crippen molar-refractivity contribution >= 4 is 0 Å². The molecule has 126 valence electrons. The molecule has 3 aliphatic rings. The molecule has 0 bridgehead atoms. The Bertz CT molecular complexity index is 573. The summed E-state index contributed by atoms with van der Waals surface area (Å²) in [6.45, 7) is 7.42. The number of phenols is 1. The van der Waals surface area contributed by atoms with Gasteiger partial charge in [-0.3, -0.25) is 4.90 Å². The molecule has 1 aromatic rings. The van der Waals surface area contributed by atoms with Crippen LogP contribution in [0, 0.1) is 11.8 Å². The van der Waals surface area contributed by atoms with Crippen molar-refractivity contribution in [2.45, 2.75) is 70.3 Å². The molecule has 2 atom stereocenters. The molecule has 2 unspecified atom stereocenters. The Balaban J connectivity index is 1.63. The van der Waals surface area contributed by atoms with Crippen molar-refractivity contribution < 1.29 is 5.11 Å². The molecule has 23 heavy (non-hydrogen) atoms. The molecule has 1 saturated heterocycles. The van der Waals surface area contributed by atoms with Gasteiger partial charge in [-0.15, -0.1) is 0 Å². The Morgan fingerprint density at radius 1 is 1.13 bits per heavy atom. The number of nitrogens with zero attached hydrogens (tertiary/aromatic N) is 1. The molecule has 2 nitrogen and oxygen atoms in total. The van der Waals surface area contributed by atoms with Crippen molar-refractivity contribution in [3.05, 3.63) is 29.3 Å². The first-order valence-corrected chi connectivity index (χ1v) is 9.62. The first-order chi connectivity index (χ1) is 11.1. The molecule has 0 radical (unpaired) electrons. The molecule has 0 amide bonds. The molecule has 1 aliphatic heterocycles. The fourth-order valence-corrected chi connectivity index (χ4v) is 5.76. The lowest BCUT2D eigenvalue weighted by atomic mass is 9.60. The minimum Gasteiger partial charge on any atom is -0.508 e. The number of piperidine rings is 1. The van der Waals surface area contributed by atoms with Crippen LogP contribution in [0.5, 0.6) is 5.75 Å². The summed E-state index contributed by atoms with van der Waals surface area (Å²) in [5.74, 6) is 2.10. The molecular weight excluding hydrogens is 282 g/mol. The Hall–Kier alpha value is -1.02. The van der Waals surface area contributed by atoms with Crippen LogP contribution >= 0.6 is 0 Å². The summed E-state index contributed by atoms with van der Waals surface area (Å²) in [5.41, 5.74) is 3.03. The SMILES string of the molecule is CC1(C)c2cc(O)ccc2CC2C1CCCN2CC1CCCC1. The van der Waals surface area contributed by atoms with E-state index in [1.54, 1.807) is 0 Å². The molecule has 2 heteroatoms. The smallest absolute Gasteiger partial charge is 0.115 e. The minimum absolute atomic E-state index is 0.172. The average molecular weight is 313 g/mol. The number of benzene rings is 1. The predicted octanol–water partition coefficient (Wildman–Crippen LogP) is 4.50. The van der Waals surface area contributed by atoms with Crippen LogP contribution in [0.2, 0.25) is 0 Å². The van der Waals surface area contributed by atoms with Crippen LogP contribution in [0.15, 0.2) is 18.2 Å². The van der Waals surface area contributed by atoms with Gasteiger partial charge in [0.05, 0.1) is 0 Å². The van der Waals surface area contributed by atoms with Crippen molar-refractivity contribution in [1.82, 2.24) is 4.90 Å². The maximum absolute atomic E-state index is 9.95. The normalized spacial score (nSPS) is 30.9. The zero-order valence-corrected chi connectivity index (χ0v) is 14.7. The van der Waals surface area contributed by atoms with E-state index in [0.717, 1.165) is 11.8 Å². The average Bonchev–Trinajstić information content (AvgIpc) is 3.02. The molecule has 0 aromatic heterocycles. The number of hydrogen-bond acceptors (Lipinski definition) is 2. The third kappa shape index (κ3) is 2.69. The third-order valence-electron chi connectivity index (χ3n) is 7.01. The van der Waals surface area contributed by atoms with E-state index in [0.29, 0.717) is 11.8 Å². The third-order valence-corrected chi connectivity index (χ3v) is 7.01. The lowest BCUT2D eigenvalue weighted by Crippen LogP contribution is -2.56. The van der Waals surface area contributed by atoms with Crippen LogP contribution < -0.4 is 0 Å². The van der Waals surface area contributed by atoms with Crippen LogP contribution in [0.25, 0.3) is 0 Å². The zero-order chi connectivity index (χ0) is 16.0. The van der Waals surface area contributed by atoms with Gasteiger partial charge in [0.2, 0.25) is 0 Å². The van der Waals surface area contributed by atoms with E-state index in [1.807, 2.05) is 12.1 Å². The minimum atomic E-state index is 0.172. The monoisotopic (exact) mass is 313 g/mol. The van der Waals surface area contributed by atoms with Gasteiger partial charge < -0.3 is 5.11 Å². The van der Waals surface area contributed by atoms with Gasteiger partial charge in [-0.2, -0.15) is 0 Å². The van der Waals surface area contributed by atoms with E-state index in [2.05, 4.69) is 24.8 Å². The van der Waals surface area contributed by atoms with Gasteiger partial charge >= 0.3 is 0 Å². The fourth-order valence-electron chi connectivity index (χ4n) is 5.76. The molecule has 1 heterocycles. The van der Waals surface area contributed by atoms with Gasteiger partial charge in [-0.25, -0.2) is 0 Å². The quantitative estimate of drug-likeness (QED) is 0.869. The Morgan fingerprint density at radius 3 is 2.70 bits per heavy atom. The lowest BCUT2D eigenvalue weighted by Gasteiger charge is -2.52. The molecular formula is C21H31NO. The van der Waals surface area contributed by atoms with E-state index < -0.39 is 0 Å². The number of fused-ring (bicyclic) bond motifs is 2. The Kier molecular flexibility index (Phi) is 3.91. The predicted molar refractivity (Wildman–Crippen MR) is 94.9 cm³/mol. The molecule has 1 saturated carbocycles. The van der Waals surface area contributed by atoms with Crippen LogP contribution in [-0.4, -0.2) is 29.1 Å². The topological polar surface area (TPSA) is 23.5 Å². The van der Waals surface area contributed by atoms with Crippen molar-refractivity contribution in [3.8, 4) is 5.75 Å². The number of phenolic OH excluding ortho intramolecular Hbond substituents is 1. The number of hydrogen-bond donors (Lipinski definition) is 1. The van der Waals surface area contributed by atoms with E-state index in [9.17, 15) is 5.11 Å². The van der Waals surface area contributed by atoms with E-state index >= 15 is 0 Å². The summed E-state index contributed by atoms with van der Waals surface area (Å²) in [5, 5.41) is 9.95. The molecule has 2 fully saturated rings. The number of rotatable bonds is 2. The summed E-state index contributed by atoms with van der Waals surface area (Å²) >= 11 is 0. The van der Waals surface area contributed by atoms with Crippen molar-refractivity contribution in [2.24, 2.45) is 11.8 Å². The second-order valence-corrected chi connectivity index (χ2v) is 8.73. The Morgan fingerprint density at radius 2 is 1.91 bits per heavy atom. The largest absolute Gasteiger partial charge is 0.508 e. The van der Waals surface area contributed by atoms with Crippen molar-refractivity contribution in [1.29, 1.82) is 0 Å². The molecule has 0 spiro atoms.